The number of alkyl halides is 3. The summed E-state index contributed by atoms with van der Waals surface area (Å²) >= 11 is 2.01. The molecule has 1 aromatic rings. The number of hydrogen-bond donors (Lipinski definition) is 0. The van der Waals surface area contributed by atoms with Crippen molar-refractivity contribution >= 4 is 28.7 Å². The van der Waals surface area contributed by atoms with E-state index in [1.807, 2.05) is 22.6 Å². The SMILES string of the molecule is FC(F)(F)c1ccc(/C=C/[123I])cc1. The van der Waals surface area contributed by atoms with E-state index in [9.17, 15) is 13.2 Å². The third kappa shape index (κ3) is 3.02. The molecule has 0 aliphatic rings. The van der Waals surface area contributed by atoms with Crippen LogP contribution in [0.1, 0.15) is 11.1 Å². The first-order valence-corrected chi connectivity index (χ1v) is 4.72. The molecule has 1 aromatic carbocycles. The van der Waals surface area contributed by atoms with Crippen LogP contribution in [0.25, 0.3) is 6.08 Å². The van der Waals surface area contributed by atoms with Gasteiger partial charge in [-0.25, -0.2) is 0 Å². The van der Waals surface area contributed by atoms with Crippen LogP contribution < -0.4 is 0 Å². The van der Waals surface area contributed by atoms with Gasteiger partial charge in [0.1, 0.15) is 0 Å². The van der Waals surface area contributed by atoms with Gasteiger partial charge in [0.25, 0.3) is 0 Å². The summed E-state index contributed by atoms with van der Waals surface area (Å²) in [7, 11) is 0. The highest BCUT2D eigenvalue weighted by Crippen LogP contribution is 2.29. The van der Waals surface area contributed by atoms with Crippen molar-refractivity contribution in [2.45, 2.75) is 6.18 Å². The van der Waals surface area contributed by atoms with E-state index in [0.29, 0.717) is 0 Å². The van der Waals surface area contributed by atoms with E-state index >= 15 is 0 Å². The monoisotopic (exact) mass is 294 g/mol. The van der Waals surface area contributed by atoms with Crippen LogP contribution in [0.2, 0.25) is 0 Å². The van der Waals surface area contributed by atoms with E-state index in [4.69, 9.17) is 0 Å². The van der Waals surface area contributed by atoms with Gasteiger partial charge in [-0.15, -0.1) is 0 Å². The van der Waals surface area contributed by atoms with Crippen LogP contribution in [0.5, 0.6) is 0 Å². The molecule has 0 bridgehead atoms. The lowest BCUT2D eigenvalue weighted by atomic mass is 10.1. The highest BCUT2D eigenvalue weighted by molar-refractivity contribution is 14.1. The molecule has 4 heteroatoms. The maximum atomic E-state index is 12.1. The molecule has 0 heterocycles. The lowest BCUT2D eigenvalue weighted by Crippen LogP contribution is -2.03. The second-order valence-electron chi connectivity index (χ2n) is 2.41. The highest BCUT2D eigenvalue weighted by Gasteiger charge is 2.29. The van der Waals surface area contributed by atoms with Crippen LogP contribution in [0.15, 0.2) is 28.3 Å². The first-order valence-electron chi connectivity index (χ1n) is 3.48. The van der Waals surface area contributed by atoms with Gasteiger partial charge in [0, 0.05) is 0 Å². The third-order valence-electron chi connectivity index (χ3n) is 1.49. The molecule has 70 valence electrons. The van der Waals surface area contributed by atoms with E-state index < -0.39 is 11.7 Å². The summed E-state index contributed by atoms with van der Waals surface area (Å²) in [6.45, 7) is 0. The van der Waals surface area contributed by atoms with E-state index in [-0.39, 0.29) is 0 Å². The molecule has 0 N–H and O–H groups in total. The molecular weight excluding hydrogens is 288 g/mol. The number of hydrogen-bond acceptors (Lipinski definition) is 0. The van der Waals surface area contributed by atoms with Crippen molar-refractivity contribution in [2.24, 2.45) is 0 Å². The van der Waals surface area contributed by atoms with Gasteiger partial charge in [-0.05, 0) is 27.9 Å². The van der Waals surface area contributed by atoms with Crippen LogP contribution in [-0.2, 0) is 6.18 Å². The molecule has 13 heavy (non-hydrogen) atoms. The molecule has 0 aliphatic carbocycles. The minimum Gasteiger partial charge on any atom is -0.166 e. The predicted octanol–water partition coefficient (Wildman–Crippen LogP) is 4.11. The van der Waals surface area contributed by atoms with Crippen molar-refractivity contribution < 1.29 is 13.2 Å². The zero-order valence-corrected chi connectivity index (χ0v) is 8.63. The molecule has 0 atom stereocenters. The van der Waals surface area contributed by atoms with Crippen molar-refractivity contribution in [2.75, 3.05) is 0 Å². The Kier molecular flexibility index (Phi) is 3.35. The molecule has 0 amide bonds. The fourth-order valence-corrected chi connectivity index (χ4v) is 1.27. The minimum absolute atomic E-state index is 0.613. The van der Waals surface area contributed by atoms with Gasteiger partial charge in [0.2, 0.25) is 0 Å². The van der Waals surface area contributed by atoms with E-state index in [2.05, 4.69) is 0 Å². The zero-order chi connectivity index (χ0) is 9.90. The first-order chi connectivity index (χ1) is 6.04. The molecule has 0 aliphatic heterocycles. The van der Waals surface area contributed by atoms with Gasteiger partial charge >= 0.3 is 6.18 Å². The topological polar surface area (TPSA) is 0 Å². The summed E-state index contributed by atoms with van der Waals surface area (Å²) < 4.78 is 38.0. The Labute approximate surface area is 87.6 Å². The molecule has 0 saturated carbocycles. The zero-order valence-electron chi connectivity index (χ0n) is 6.48. The largest absolute Gasteiger partial charge is 0.416 e. The summed E-state index contributed by atoms with van der Waals surface area (Å²) in [5.74, 6) is 0. The summed E-state index contributed by atoms with van der Waals surface area (Å²) in [6.07, 6.45) is -2.51. The van der Waals surface area contributed by atoms with Crippen LogP contribution in [-0.4, -0.2) is 0 Å². The normalized spacial score (nSPS) is 12.3. The second kappa shape index (κ2) is 4.13. The summed E-state index contributed by atoms with van der Waals surface area (Å²) in [6, 6.07) is 5.04. The van der Waals surface area contributed by atoms with Gasteiger partial charge in [-0.2, -0.15) is 13.2 Å². The molecular formula is C9H6F3I. The van der Waals surface area contributed by atoms with E-state index in [1.165, 1.54) is 12.1 Å². The van der Waals surface area contributed by atoms with Gasteiger partial charge in [-0.1, -0.05) is 34.7 Å². The fraction of sp³-hybridized carbons (Fsp3) is 0.111. The van der Waals surface area contributed by atoms with Crippen LogP contribution in [0.3, 0.4) is 0 Å². The van der Waals surface area contributed by atoms with Crippen molar-refractivity contribution in [3.8, 4) is 0 Å². The average molecular weight is 294 g/mol. The third-order valence-corrected chi connectivity index (χ3v) is 1.85. The second-order valence-corrected chi connectivity index (χ2v) is 3.13. The Balaban J connectivity index is 2.94. The van der Waals surface area contributed by atoms with Crippen molar-refractivity contribution in [3.63, 3.8) is 0 Å². The number of halogens is 4. The molecule has 0 spiro atoms. The van der Waals surface area contributed by atoms with Gasteiger partial charge < -0.3 is 0 Å². The summed E-state index contributed by atoms with van der Waals surface area (Å²) in [4.78, 5) is 0. The van der Waals surface area contributed by atoms with Gasteiger partial charge in [0.05, 0.1) is 5.56 Å². The maximum Gasteiger partial charge on any atom is 0.416 e. The van der Waals surface area contributed by atoms with Crippen molar-refractivity contribution in [3.05, 3.63) is 39.5 Å². The Bertz CT molecular complexity index is 298. The maximum absolute atomic E-state index is 12.1. The number of rotatable bonds is 1. The quantitative estimate of drug-likeness (QED) is 0.684. The predicted molar refractivity (Wildman–Crippen MR) is 54.5 cm³/mol. The molecule has 0 fully saturated rings. The molecule has 0 unspecified atom stereocenters. The van der Waals surface area contributed by atoms with Gasteiger partial charge in [0.15, 0.2) is 0 Å². The first kappa shape index (κ1) is 10.6. The van der Waals surface area contributed by atoms with Crippen LogP contribution in [0, 0.1) is 0 Å². The van der Waals surface area contributed by atoms with Gasteiger partial charge in [-0.3, -0.25) is 0 Å². The fourth-order valence-electron chi connectivity index (χ4n) is 0.856. The lowest BCUT2D eigenvalue weighted by molar-refractivity contribution is -0.137. The molecule has 0 aromatic heterocycles. The van der Waals surface area contributed by atoms with E-state index in [0.717, 1.165) is 17.7 Å². The molecule has 0 nitrogen and oxygen atoms in total. The smallest absolute Gasteiger partial charge is 0.166 e. The molecule has 0 saturated heterocycles. The van der Waals surface area contributed by atoms with Crippen molar-refractivity contribution in [1.29, 1.82) is 0 Å². The van der Waals surface area contributed by atoms with Crippen LogP contribution in [0.4, 0.5) is 13.2 Å². The number of benzene rings is 1. The highest BCUT2D eigenvalue weighted by atomic mass is 123. The van der Waals surface area contributed by atoms with E-state index in [1.54, 1.807) is 10.2 Å². The Morgan fingerprint density at radius 1 is 1.08 bits per heavy atom. The molecule has 1 rings (SSSR count). The van der Waals surface area contributed by atoms with Crippen molar-refractivity contribution in [1.82, 2.24) is 0 Å². The summed E-state index contributed by atoms with van der Waals surface area (Å²) in [5.41, 5.74) is 0.153. The summed E-state index contributed by atoms with van der Waals surface area (Å²) in [5, 5.41) is 0. The Hall–Kier alpha value is -0.520. The Morgan fingerprint density at radius 2 is 1.62 bits per heavy atom. The molecule has 0 radical (unpaired) electrons. The minimum atomic E-state index is -4.24. The lowest BCUT2D eigenvalue weighted by Gasteiger charge is -2.05. The average Bonchev–Trinajstić information content (AvgIpc) is 2.04. The van der Waals surface area contributed by atoms with Crippen LogP contribution >= 0.6 is 22.6 Å². The Morgan fingerprint density at radius 3 is 2.00 bits per heavy atom. The standard InChI is InChI=1S/C9H6F3I/c10-9(11,12)8-3-1-7(2-4-8)5-6-13/h1-6H/b6-5+/i13-4.